The Kier molecular flexibility index (Phi) is 4.71. The van der Waals surface area contributed by atoms with Gasteiger partial charge in [0.2, 0.25) is 0 Å². The van der Waals surface area contributed by atoms with Crippen molar-refractivity contribution in [1.29, 1.82) is 0 Å². The molecule has 1 aliphatic rings. The number of ether oxygens (including phenoxy) is 1. The summed E-state index contributed by atoms with van der Waals surface area (Å²) in [6.45, 7) is 2.24. The van der Waals surface area contributed by atoms with Gasteiger partial charge in [0.15, 0.2) is 17.4 Å². The maximum absolute atomic E-state index is 14.3. The number of carbonyl (C=O) groups excluding carboxylic acids is 1. The average Bonchev–Trinajstić information content (AvgIpc) is 3.14. The van der Waals surface area contributed by atoms with Gasteiger partial charge >= 0.3 is 0 Å². The summed E-state index contributed by atoms with van der Waals surface area (Å²) in [6, 6.07) is 3.96. The Labute approximate surface area is 143 Å². The quantitative estimate of drug-likeness (QED) is 0.879. The van der Waals surface area contributed by atoms with Gasteiger partial charge in [-0.05, 0) is 31.5 Å². The Bertz CT molecular complexity index is 793. The Morgan fingerprint density at radius 3 is 2.84 bits per heavy atom. The minimum absolute atomic E-state index is 0.0893. The van der Waals surface area contributed by atoms with Gasteiger partial charge < -0.3 is 14.7 Å². The smallest absolute Gasteiger partial charge is 0.257 e. The van der Waals surface area contributed by atoms with Crippen molar-refractivity contribution in [3.05, 3.63) is 46.8 Å². The van der Waals surface area contributed by atoms with Gasteiger partial charge in [-0.25, -0.2) is 8.78 Å². The van der Waals surface area contributed by atoms with E-state index in [9.17, 15) is 18.7 Å². The highest BCUT2D eigenvalue weighted by Gasteiger charge is 2.36. The number of likely N-dealkylation sites (tertiary alicyclic amines) is 1. The van der Waals surface area contributed by atoms with Crippen molar-refractivity contribution < 1.29 is 23.4 Å². The van der Waals surface area contributed by atoms with Gasteiger partial charge in [0.05, 0.1) is 24.5 Å². The van der Waals surface area contributed by atoms with E-state index in [1.54, 1.807) is 0 Å². The van der Waals surface area contributed by atoms with Gasteiger partial charge in [-0.2, -0.15) is 5.10 Å². The largest absolute Gasteiger partial charge is 0.491 e. The molecule has 0 saturated carbocycles. The Morgan fingerprint density at radius 1 is 1.44 bits per heavy atom. The first-order valence-corrected chi connectivity index (χ1v) is 7.91. The van der Waals surface area contributed by atoms with Crippen LogP contribution in [0.2, 0.25) is 0 Å². The van der Waals surface area contributed by atoms with Crippen molar-refractivity contribution in [2.75, 3.05) is 20.2 Å². The van der Waals surface area contributed by atoms with Crippen molar-refractivity contribution >= 4 is 5.91 Å². The van der Waals surface area contributed by atoms with Crippen LogP contribution in [0.3, 0.4) is 0 Å². The number of rotatable bonds is 4. The van der Waals surface area contributed by atoms with Crippen LogP contribution < -0.4 is 4.74 Å². The standard InChI is InChI=1S/C17H19F2N3O3/c1-9-5-11(21-20-9)6-10-7-22(8-14(10)23)17(24)12-3-4-13(18)16(25-2)15(12)19/h3-5,10,14,23H,6-8H2,1-2H3,(H,20,21)/t10-,14-/m1/s1. The number of nitrogens with zero attached hydrogens (tertiary/aromatic N) is 2. The van der Waals surface area contributed by atoms with Crippen molar-refractivity contribution in [2.45, 2.75) is 19.4 Å². The summed E-state index contributed by atoms with van der Waals surface area (Å²) in [5, 5.41) is 17.2. The fourth-order valence-electron chi connectivity index (χ4n) is 3.12. The number of aliphatic hydroxyl groups is 1. The van der Waals surface area contributed by atoms with Gasteiger partial charge in [-0.3, -0.25) is 9.89 Å². The molecule has 0 aliphatic carbocycles. The van der Waals surface area contributed by atoms with Gasteiger partial charge in [0.1, 0.15) is 0 Å². The second-order valence-corrected chi connectivity index (χ2v) is 6.23. The number of nitrogens with one attached hydrogen (secondary N) is 1. The first-order chi connectivity index (χ1) is 11.9. The van der Waals surface area contributed by atoms with Crippen LogP contribution in [-0.2, 0) is 6.42 Å². The summed E-state index contributed by atoms with van der Waals surface area (Å²) in [7, 11) is 1.14. The predicted octanol–water partition coefficient (Wildman–Crippen LogP) is 1.68. The van der Waals surface area contributed by atoms with Crippen LogP contribution in [0, 0.1) is 24.5 Å². The number of carbonyl (C=O) groups is 1. The van der Waals surface area contributed by atoms with Crippen LogP contribution in [0.25, 0.3) is 0 Å². The lowest BCUT2D eigenvalue weighted by Gasteiger charge is -2.17. The summed E-state index contributed by atoms with van der Waals surface area (Å²) in [5.41, 5.74) is 1.43. The van der Waals surface area contributed by atoms with Crippen LogP contribution in [0.15, 0.2) is 18.2 Å². The number of aryl methyl sites for hydroxylation is 1. The number of β-amino-alcohol motifs (C(OH)–C–C–N with tert-alkyl or cyclic N) is 1. The summed E-state index contributed by atoms with van der Waals surface area (Å²) in [6.07, 6.45) is -0.226. The van der Waals surface area contributed by atoms with E-state index in [1.807, 2.05) is 13.0 Å². The van der Waals surface area contributed by atoms with Crippen LogP contribution in [0.1, 0.15) is 21.7 Å². The van der Waals surface area contributed by atoms with Crippen molar-refractivity contribution in [3.8, 4) is 5.75 Å². The van der Waals surface area contributed by atoms with Crippen LogP contribution in [0.5, 0.6) is 5.75 Å². The molecule has 0 unspecified atom stereocenters. The third kappa shape index (κ3) is 3.34. The van der Waals surface area contributed by atoms with E-state index in [4.69, 9.17) is 0 Å². The number of benzene rings is 1. The Balaban J connectivity index is 1.76. The zero-order valence-electron chi connectivity index (χ0n) is 13.9. The van der Waals surface area contributed by atoms with Gasteiger partial charge in [0.25, 0.3) is 5.91 Å². The first kappa shape index (κ1) is 17.3. The number of amides is 1. The SMILES string of the molecule is COc1c(F)ccc(C(=O)N2C[C@@H](Cc3cc(C)[nH]n3)[C@H](O)C2)c1F. The van der Waals surface area contributed by atoms with E-state index < -0.39 is 29.4 Å². The number of methoxy groups -OCH3 is 1. The molecule has 1 amide bonds. The molecule has 8 heteroatoms. The minimum Gasteiger partial charge on any atom is -0.491 e. The molecule has 2 aromatic rings. The van der Waals surface area contributed by atoms with Gasteiger partial charge in [-0.15, -0.1) is 0 Å². The third-order valence-corrected chi connectivity index (χ3v) is 4.41. The molecule has 1 aromatic carbocycles. The van der Waals surface area contributed by atoms with Crippen LogP contribution >= 0.6 is 0 Å². The van der Waals surface area contributed by atoms with Crippen molar-refractivity contribution in [3.63, 3.8) is 0 Å². The maximum Gasteiger partial charge on any atom is 0.257 e. The zero-order valence-corrected chi connectivity index (χ0v) is 13.9. The molecule has 134 valence electrons. The molecule has 2 heterocycles. The molecule has 0 radical (unpaired) electrons. The second kappa shape index (κ2) is 6.79. The molecule has 3 rings (SSSR count). The Hall–Kier alpha value is -2.48. The lowest BCUT2D eigenvalue weighted by molar-refractivity contribution is 0.0759. The van der Waals surface area contributed by atoms with Gasteiger partial charge in [-0.1, -0.05) is 0 Å². The predicted molar refractivity (Wildman–Crippen MR) is 85.3 cm³/mol. The van der Waals surface area contributed by atoms with E-state index in [-0.39, 0.29) is 24.6 Å². The number of hydrogen-bond donors (Lipinski definition) is 2. The number of H-pyrrole nitrogens is 1. The number of aromatic amines is 1. The molecule has 1 fully saturated rings. The molecule has 0 spiro atoms. The molecular formula is C17H19F2N3O3. The molecular weight excluding hydrogens is 332 g/mol. The lowest BCUT2D eigenvalue weighted by atomic mass is 10.0. The van der Waals surface area contributed by atoms with E-state index in [2.05, 4.69) is 14.9 Å². The number of halogens is 2. The number of aromatic nitrogens is 2. The lowest BCUT2D eigenvalue weighted by Crippen LogP contribution is -2.30. The first-order valence-electron chi connectivity index (χ1n) is 7.91. The Morgan fingerprint density at radius 2 is 2.20 bits per heavy atom. The molecule has 6 nitrogen and oxygen atoms in total. The normalized spacial score (nSPS) is 20.1. The minimum atomic E-state index is -1.03. The highest BCUT2D eigenvalue weighted by Crippen LogP contribution is 2.28. The molecule has 25 heavy (non-hydrogen) atoms. The summed E-state index contributed by atoms with van der Waals surface area (Å²) in [5.74, 6) is -3.29. The summed E-state index contributed by atoms with van der Waals surface area (Å²) in [4.78, 5) is 13.9. The fourth-order valence-corrected chi connectivity index (χ4v) is 3.12. The van der Waals surface area contributed by atoms with E-state index >= 15 is 0 Å². The number of hydrogen-bond acceptors (Lipinski definition) is 4. The number of aliphatic hydroxyl groups excluding tert-OH is 1. The average molecular weight is 351 g/mol. The van der Waals surface area contributed by atoms with E-state index in [0.29, 0.717) is 6.42 Å². The third-order valence-electron chi connectivity index (χ3n) is 4.41. The molecule has 1 saturated heterocycles. The van der Waals surface area contributed by atoms with E-state index in [0.717, 1.165) is 30.6 Å². The van der Waals surface area contributed by atoms with Crippen molar-refractivity contribution in [2.24, 2.45) is 5.92 Å². The zero-order chi connectivity index (χ0) is 18.1. The molecule has 0 bridgehead atoms. The molecule has 2 N–H and O–H groups in total. The van der Waals surface area contributed by atoms with E-state index in [1.165, 1.54) is 4.90 Å². The maximum atomic E-state index is 14.3. The topological polar surface area (TPSA) is 78.5 Å². The highest BCUT2D eigenvalue weighted by molar-refractivity contribution is 5.95. The highest BCUT2D eigenvalue weighted by atomic mass is 19.1. The van der Waals surface area contributed by atoms with Crippen LogP contribution in [-0.4, -0.2) is 52.4 Å². The summed E-state index contributed by atoms with van der Waals surface area (Å²) >= 11 is 0. The molecule has 2 atom stereocenters. The monoisotopic (exact) mass is 351 g/mol. The fraction of sp³-hybridized carbons (Fsp3) is 0.412. The van der Waals surface area contributed by atoms with Crippen LogP contribution in [0.4, 0.5) is 8.78 Å². The molecule has 1 aliphatic heterocycles. The summed E-state index contributed by atoms with van der Waals surface area (Å²) < 4.78 is 32.5. The van der Waals surface area contributed by atoms with Crippen molar-refractivity contribution in [1.82, 2.24) is 15.1 Å². The van der Waals surface area contributed by atoms with Gasteiger partial charge in [0, 0.05) is 24.7 Å². The molecule has 1 aromatic heterocycles. The second-order valence-electron chi connectivity index (χ2n) is 6.23.